The van der Waals surface area contributed by atoms with Crippen LogP contribution in [0.1, 0.15) is 19.8 Å². The molecule has 4 N–H and O–H groups in total. The van der Waals surface area contributed by atoms with Gasteiger partial charge in [-0.1, -0.05) is 6.92 Å². The third kappa shape index (κ3) is 7.79. The molecule has 184 valence electrons. The van der Waals surface area contributed by atoms with Gasteiger partial charge >= 0.3 is 0 Å². The van der Waals surface area contributed by atoms with Gasteiger partial charge in [-0.25, -0.2) is 5.43 Å². The predicted molar refractivity (Wildman–Crippen MR) is 124 cm³/mol. The van der Waals surface area contributed by atoms with Crippen molar-refractivity contribution >= 4 is 34.3 Å². The van der Waals surface area contributed by atoms with Gasteiger partial charge in [-0.15, -0.1) is 0 Å². The maximum atomic E-state index is 10.6. The number of aliphatic hydroxyl groups is 1. The molecule has 1 aliphatic heterocycles. The second-order valence-corrected chi connectivity index (χ2v) is 8.22. The van der Waals surface area contributed by atoms with Gasteiger partial charge in [-0.3, -0.25) is 14.0 Å². The maximum Gasteiger partial charge on any atom is 0.290 e. The first-order valence-corrected chi connectivity index (χ1v) is 11.6. The van der Waals surface area contributed by atoms with Crippen molar-refractivity contribution in [3.8, 4) is 11.5 Å². The quantitative estimate of drug-likeness (QED) is 0.219. The molecule has 0 amide bonds. The van der Waals surface area contributed by atoms with Gasteiger partial charge in [0.05, 0.1) is 19.2 Å². The fourth-order valence-corrected chi connectivity index (χ4v) is 4.18. The highest BCUT2D eigenvalue weighted by atomic mass is 32.2. The lowest BCUT2D eigenvalue weighted by Gasteiger charge is -2.36. The molecule has 0 bridgehead atoms. The van der Waals surface area contributed by atoms with Crippen molar-refractivity contribution in [3.63, 3.8) is 0 Å². The van der Waals surface area contributed by atoms with Crippen LogP contribution >= 0.6 is 0 Å². The van der Waals surface area contributed by atoms with Crippen molar-refractivity contribution < 1.29 is 33.2 Å². The molecule has 2 heterocycles. The topological polar surface area (TPSA) is 156 Å². The van der Waals surface area contributed by atoms with E-state index in [0.29, 0.717) is 29.9 Å². The van der Waals surface area contributed by atoms with E-state index in [2.05, 4.69) is 27.1 Å². The highest BCUT2D eigenvalue weighted by Gasteiger charge is 2.25. The number of hydrogen-bond acceptors (Lipinski definition) is 9. The highest BCUT2D eigenvalue weighted by Crippen LogP contribution is 2.37. The van der Waals surface area contributed by atoms with Gasteiger partial charge in [0.1, 0.15) is 6.61 Å². The number of pyridine rings is 1. The smallest absolute Gasteiger partial charge is 0.290 e. The fraction of sp³-hybridized carbons (Fsp3) is 0.524. The summed E-state index contributed by atoms with van der Waals surface area (Å²) >= 11 is -2.30. The molecule has 0 saturated carbocycles. The Kier molecular flexibility index (Phi) is 11.3. The standard InChI is InChI=1S/C20H30N4O5S.CH2O2/c1-14(13-22-23-30(26)27)15-4-7-24(8-5-15)18-3-6-21-17-12-19(28-2)20(11-16(17)18)29-10-9-25;2-1-3/h3,6,11-12,14-15,22-23,25H,4-5,7-10,13H2,1-2H3,(H,26,27);1H,(H,2,3)/p-1. The number of anilines is 1. The number of carboxylic acid groups (broad SMARTS) is 1. The number of ether oxygens (including phenoxy) is 2. The second-order valence-electron chi connectivity index (χ2n) is 7.55. The van der Waals surface area contributed by atoms with E-state index in [1.54, 1.807) is 13.3 Å². The van der Waals surface area contributed by atoms with Crippen molar-refractivity contribution in [3.05, 3.63) is 24.4 Å². The summed E-state index contributed by atoms with van der Waals surface area (Å²) in [4.78, 5) is 17.4. The zero-order chi connectivity index (χ0) is 24.2. The van der Waals surface area contributed by atoms with Crippen LogP contribution in [0.25, 0.3) is 10.9 Å². The lowest BCUT2D eigenvalue weighted by Crippen LogP contribution is -2.41. The van der Waals surface area contributed by atoms with Crippen LogP contribution in [0.4, 0.5) is 5.69 Å². The van der Waals surface area contributed by atoms with E-state index in [1.807, 2.05) is 18.2 Å². The molecule has 2 unspecified atom stereocenters. The van der Waals surface area contributed by atoms with Crippen LogP contribution < -0.4 is 24.6 Å². The molecule has 1 saturated heterocycles. The Hall–Kier alpha value is -2.51. The van der Waals surface area contributed by atoms with Crippen molar-refractivity contribution in [2.75, 3.05) is 44.9 Å². The van der Waals surface area contributed by atoms with Crippen LogP contribution in [-0.4, -0.2) is 70.4 Å². The van der Waals surface area contributed by atoms with E-state index in [-0.39, 0.29) is 19.7 Å². The first kappa shape index (κ1) is 26.7. The zero-order valence-corrected chi connectivity index (χ0v) is 19.5. The third-order valence-electron chi connectivity index (χ3n) is 5.62. The van der Waals surface area contributed by atoms with Crippen molar-refractivity contribution in [1.29, 1.82) is 0 Å². The minimum atomic E-state index is -2.30. The lowest BCUT2D eigenvalue weighted by molar-refractivity contribution is -0.122. The molecule has 12 heteroatoms. The summed E-state index contributed by atoms with van der Waals surface area (Å²) in [5.41, 5.74) is 4.69. The number of hydrazine groups is 1. The average molecular weight is 484 g/mol. The summed E-state index contributed by atoms with van der Waals surface area (Å²) in [5, 5.41) is 17.0. The van der Waals surface area contributed by atoms with Crippen LogP contribution in [0.3, 0.4) is 0 Å². The lowest BCUT2D eigenvalue weighted by atomic mass is 9.85. The summed E-state index contributed by atoms with van der Waals surface area (Å²) < 4.78 is 32.2. The molecular weight excluding hydrogens is 452 g/mol. The average Bonchev–Trinajstić information content (AvgIpc) is 2.82. The van der Waals surface area contributed by atoms with Gasteiger partial charge in [0.25, 0.3) is 6.47 Å². The van der Waals surface area contributed by atoms with Gasteiger partial charge in [0.15, 0.2) is 11.5 Å². The van der Waals surface area contributed by atoms with Crippen LogP contribution in [0.15, 0.2) is 24.4 Å². The number of nitrogens with one attached hydrogen (secondary N) is 2. The molecular formula is C21H31N4O7S-. The number of piperidine rings is 1. The minimum Gasteiger partial charge on any atom is -0.759 e. The number of rotatable bonds is 10. The number of aromatic nitrogens is 1. The molecule has 0 radical (unpaired) electrons. The molecule has 1 fully saturated rings. The molecule has 33 heavy (non-hydrogen) atoms. The molecule has 11 nitrogen and oxygen atoms in total. The van der Waals surface area contributed by atoms with Crippen LogP contribution in [0.5, 0.6) is 11.5 Å². The molecule has 0 spiro atoms. The minimum absolute atomic E-state index is 0.0676. The van der Waals surface area contributed by atoms with Gasteiger partial charge in [0, 0.05) is 54.2 Å². The first-order chi connectivity index (χ1) is 15.9. The number of nitrogens with zero attached hydrogens (tertiary/aromatic N) is 2. The second kappa shape index (κ2) is 13.9. The molecule has 1 aromatic heterocycles. The predicted octanol–water partition coefficient (Wildman–Crippen LogP) is 1.06. The Balaban J connectivity index is 0.00000122. The van der Waals surface area contributed by atoms with Crippen LogP contribution in [-0.2, 0) is 16.1 Å². The van der Waals surface area contributed by atoms with E-state index in [4.69, 9.17) is 24.5 Å². The van der Waals surface area contributed by atoms with E-state index in [9.17, 15) is 8.76 Å². The number of carbonyl (C=O) groups is 1. The van der Waals surface area contributed by atoms with Crippen molar-refractivity contribution in [2.24, 2.45) is 11.8 Å². The maximum absolute atomic E-state index is 10.6. The molecule has 2 atom stereocenters. The monoisotopic (exact) mass is 483 g/mol. The summed E-state index contributed by atoms with van der Waals surface area (Å²) in [6.45, 7) is 4.44. The van der Waals surface area contributed by atoms with Gasteiger partial charge < -0.3 is 29.1 Å². The normalized spacial score (nSPS) is 15.9. The Morgan fingerprint density at radius 1 is 1.36 bits per heavy atom. The molecule has 1 aromatic carbocycles. The van der Waals surface area contributed by atoms with Crippen molar-refractivity contribution in [2.45, 2.75) is 19.8 Å². The Labute approximate surface area is 195 Å². The summed E-state index contributed by atoms with van der Waals surface area (Å²) in [7, 11) is 1.59. The summed E-state index contributed by atoms with van der Waals surface area (Å²) in [5.74, 6) is 2.06. The van der Waals surface area contributed by atoms with Crippen LogP contribution in [0.2, 0.25) is 0 Å². The third-order valence-corrected chi connectivity index (χ3v) is 5.93. The Morgan fingerprint density at radius 2 is 2.06 bits per heavy atom. The summed E-state index contributed by atoms with van der Waals surface area (Å²) in [6.07, 6.45) is 3.85. The summed E-state index contributed by atoms with van der Waals surface area (Å²) in [6, 6.07) is 5.81. The van der Waals surface area contributed by atoms with Crippen molar-refractivity contribution in [1.82, 2.24) is 15.2 Å². The number of fused-ring (bicyclic) bond motifs is 1. The Morgan fingerprint density at radius 3 is 2.67 bits per heavy atom. The number of methoxy groups -OCH3 is 1. The van der Waals surface area contributed by atoms with Gasteiger partial charge in [-0.2, -0.15) is 4.83 Å². The fourth-order valence-electron chi connectivity index (χ4n) is 3.98. The van der Waals surface area contributed by atoms with E-state index < -0.39 is 11.3 Å². The Bertz CT molecular complexity index is 910. The molecule has 3 rings (SSSR count). The highest BCUT2D eigenvalue weighted by molar-refractivity contribution is 7.76. The number of hydrogen-bond donors (Lipinski definition) is 4. The first-order valence-electron chi connectivity index (χ1n) is 10.6. The van der Waals surface area contributed by atoms with E-state index in [0.717, 1.165) is 42.5 Å². The van der Waals surface area contributed by atoms with Gasteiger partial charge in [-0.05, 0) is 36.8 Å². The number of benzene rings is 1. The SMILES string of the molecule is COc1cc2nccc(N3CCC(C(C)CNNS(=O)[O-])CC3)c2cc1OCCO.O=CO. The van der Waals surface area contributed by atoms with E-state index >= 15 is 0 Å². The number of aliphatic hydroxyl groups excluding tert-OH is 1. The molecule has 0 aliphatic carbocycles. The van der Waals surface area contributed by atoms with E-state index in [1.165, 1.54) is 0 Å². The largest absolute Gasteiger partial charge is 0.759 e. The zero-order valence-electron chi connectivity index (χ0n) is 18.7. The van der Waals surface area contributed by atoms with Gasteiger partial charge in [0.2, 0.25) is 0 Å². The molecule has 2 aromatic rings. The molecule has 1 aliphatic rings. The van der Waals surface area contributed by atoms with Crippen LogP contribution in [0, 0.1) is 11.8 Å².